The van der Waals surface area contributed by atoms with Gasteiger partial charge in [-0.05, 0) is 40.2 Å². The van der Waals surface area contributed by atoms with Gasteiger partial charge in [-0.1, -0.05) is 36.3 Å². The van der Waals surface area contributed by atoms with E-state index >= 15 is 0 Å². The molecule has 1 unspecified atom stereocenters. The molecule has 2 aromatic heterocycles. The maximum atomic E-state index is 13.2. The van der Waals surface area contributed by atoms with Gasteiger partial charge in [0.15, 0.2) is 11.2 Å². The van der Waals surface area contributed by atoms with Crippen LogP contribution >= 0.6 is 0 Å². The molecule has 0 aliphatic carbocycles. The van der Waals surface area contributed by atoms with Crippen LogP contribution in [0.1, 0.15) is 52.5 Å². The molecule has 1 aliphatic rings. The number of hydrogen-bond donors (Lipinski definition) is 1. The first-order valence-electron chi connectivity index (χ1n) is 14.1. The topological polar surface area (TPSA) is 132 Å². The third kappa shape index (κ3) is 7.02. The van der Waals surface area contributed by atoms with Crippen molar-refractivity contribution >= 4 is 29.2 Å². The van der Waals surface area contributed by atoms with Gasteiger partial charge in [-0.2, -0.15) is 4.98 Å². The van der Waals surface area contributed by atoms with Crippen LogP contribution in [0.5, 0.6) is 0 Å². The first-order chi connectivity index (χ1) is 20.0. The molecule has 1 fully saturated rings. The Morgan fingerprint density at radius 1 is 1.07 bits per heavy atom. The zero-order valence-corrected chi connectivity index (χ0v) is 24.8. The summed E-state index contributed by atoms with van der Waals surface area (Å²) in [5.74, 6) is 5.55. The Balaban J connectivity index is 1.74. The summed E-state index contributed by atoms with van der Waals surface area (Å²) in [5.41, 5.74) is -0.523. The molecule has 0 spiro atoms. The fraction of sp³-hybridized carbons (Fsp3) is 0.500. The second-order valence-electron chi connectivity index (χ2n) is 11.0. The van der Waals surface area contributed by atoms with Crippen LogP contribution in [0.25, 0.3) is 11.2 Å². The van der Waals surface area contributed by atoms with E-state index in [0.29, 0.717) is 32.1 Å². The molecule has 0 radical (unpaired) electrons. The number of aromatic nitrogens is 4. The number of fused-ring (bicyclic) bond motifs is 1. The number of ether oxygens (including phenoxy) is 2. The van der Waals surface area contributed by atoms with Crippen LogP contribution in [-0.4, -0.2) is 74.5 Å². The van der Waals surface area contributed by atoms with Crippen molar-refractivity contribution in [2.24, 2.45) is 0 Å². The van der Waals surface area contributed by atoms with E-state index in [1.807, 2.05) is 56.0 Å². The average Bonchev–Trinajstić information content (AvgIpc) is 3.33. The van der Waals surface area contributed by atoms with Gasteiger partial charge in [-0.25, -0.2) is 9.59 Å². The Labute approximate surface area is 244 Å². The zero-order valence-electron chi connectivity index (χ0n) is 24.8. The molecule has 1 aliphatic heterocycles. The van der Waals surface area contributed by atoms with Gasteiger partial charge in [0.2, 0.25) is 5.95 Å². The van der Waals surface area contributed by atoms with Crippen LogP contribution in [0.3, 0.4) is 0 Å². The molecular weight excluding hydrogens is 540 g/mol. The Kier molecular flexibility index (Phi) is 9.40. The molecule has 3 aromatic rings. The molecule has 1 aromatic carbocycles. The largest absolute Gasteiger partial charge is 0.466 e. The minimum Gasteiger partial charge on any atom is -0.466 e. The molecule has 1 atom stereocenters. The number of nitrogens with one attached hydrogen (secondary N) is 1. The lowest BCUT2D eigenvalue weighted by molar-refractivity contribution is -0.143. The summed E-state index contributed by atoms with van der Waals surface area (Å²) in [6, 6.07) is 9.39. The van der Waals surface area contributed by atoms with Gasteiger partial charge in [-0.3, -0.25) is 23.7 Å². The normalized spacial score (nSPS) is 14.3. The van der Waals surface area contributed by atoms with Crippen LogP contribution in [0, 0.1) is 11.8 Å². The van der Waals surface area contributed by atoms with E-state index in [1.165, 1.54) is 4.57 Å². The summed E-state index contributed by atoms with van der Waals surface area (Å²) in [7, 11) is 0. The molecule has 4 rings (SSSR count). The molecule has 12 nitrogen and oxygen atoms in total. The predicted molar refractivity (Wildman–Crippen MR) is 159 cm³/mol. The number of aromatic amines is 1. The minimum atomic E-state index is -0.621. The predicted octanol–water partition coefficient (Wildman–Crippen LogP) is 2.70. The lowest BCUT2D eigenvalue weighted by Crippen LogP contribution is -2.50. The second kappa shape index (κ2) is 13.0. The summed E-state index contributed by atoms with van der Waals surface area (Å²) in [5, 5.41) is 0. The van der Waals surface area contributed by atoms with E-state index in [4.69, 9.17) is 14.5 Å². The van der Waals surface area contributed by atoms with E-state index in [2.05, 4.69) is 16.8 Å². The number of esters is 1. The number of rotatable bonds is 8. The van der Waals surface area contributed by atoms with Gasteiger partial charge in [0, 0.05) is 38.6 Å². The fourth-order valence-electron chi connectivity index (χ4n) is 4.95. The minimum absolute atomic E-state index is 0.0480. The van der Waals surface area contributed by atoms with Crippen molar-refractivity contribution in [2.75, 3.05) is 37.7 Å². The third-order valence-electron chi connectivity index (χ3n) is 6.89. The van der Waals surface area contributed by atoms with Crippen molar-refractivity contribution < 1.29 is 19.1 Å². The van der Waals surface area contributed by atoms with Crippen molar-refractivity contribution in [1.82, 2.24) is 24.0 Å². The second-order valence-corrected chi connectivity index (χ2v) is 11.0. The maximum Gasteiger partial charge on any atom is 0.410 e. The van der Waals surface area contributed by atoms with E-state index in [9.17, 15) is 19.2 Å². The quantitative estimate of drug-likeness (QED) is 0.319. The van der Waals surface area contributed by atoms with Gasteiger partial charge in [0.05, 0.1) is 19.6 Å². The monoisotopic (exact) mass is 578 g/mol. The molecular formula is C30H38N6O6. The van der Waals surface area contributed by atoms with Crippen molar-refractivity contribution in [3.63, 3.8) is 0 Å². The Morgan fingerprint density at radius 2 is 1.76 bits per heavy atom. The zero-order chi connectivity index (χ0) is 30.4. The summed E-state index contributed by atoms with van der Waals surface area (Å²) in [6.45, 7) is 11.1. The number of imidazole rings is 1. The van der Waals surface area contributed by atoms with E-state index < -0.39 is 22.8 Å². The average molecular weight is 579 g/mol. The number of anilines is 1. The Morgan fingerprint density at radius 3 is 2.38 bits per heavy atom. The highest BCUT2D eigenvalue weighted by atomic mass is 16.6. The molecule has 0 saturated carbocycles. The molecule has 224 valence electrons. The molecule has 1 saturated heterocycles. The molecule has 12 heteroatoms. The van der Waals surface area contributed by atoms with E-state index in [0.717, 1.165) is 5.56 Å². The van der Waals surface area contributed by atoms with Gasteiger partial charge in [0.1, 0.15) is 5.60 Å². The lowest BCUT2D eigenvalue weighted by Gasteiger charge is -2.36. The van der Waals surface area contributed by atoms with Crippen LogP contribution in [0.15, 0.2) is 39.9 Å². The summed E-state index contributed by atoms with van der Waals surface area (Å²) in [4.78, 5) is 62.4. The highest BCUT2D eigenvalue weighted by Crippen LogP contribution is 2.26. The molecule has 1 N–H and O–H groups in total. The highest BCUT2D eigenvalue weighted by molar-refractivity contribution is 5.75. The van der Waals surface area contributed by atoms with E-state index in [-0.39, 0.29) is 49.3 Å². The van der Waals surface area contributed by atoms with Crippen molar-refractivity contribution in [2.45, 2.75) is 65.6 Å². The standard InChI is InChI=1S/C30H38N6O6/c1-6-8-14-35-24-25(31-27(35)33-15-17-34(18-16-33)29(40)42-30(3,4)5)36(28(39)32-26(24)38)20-22(19-23(37)41-7-2)21-12-10-9-11-13-21/h9-13,22H,7,14-20H2,1-5H3,(H,32,38,39). The van der Waals surface area contributed by atoms with E-state index in [1.54, 1.807) is 23.3 Å². The van der Waals surface area contributed by atoms with Crippen LogP contribution in [-0.2, 0) is 27.4 Å². The number of amides is 1. The lowest BCUT2D eigenvalue weighted by atomic mass is 9.95. The summed E-state index contributed by atoms with van der Waals surface area (Å²) in [6.07, 6.45) is -0.335. The number of H-pyrrole nitrogens is 1. The SMILES string of the molecule is CC#CCn1c(N2CCN(C(=O)OC(C)(C)C)CC2)nc2c1c(=O)[nH]c(=O)n2CC(CC(=O)OCC)c1ccccc1. The van der Waals surface area contributed by atoms with Crippen molar-refractivity contribution in [3.05, 3.63) is 56.7 Å². The van der Waals surface area contributed by atoms with Crippen molar-refractivity contribution in [1.29, 1.82) is 0 Å². The number of carbonyl (C=O) groups is 2. The van der Waals surface area contributed by atoms with Crippen LogP contribution in [0.2, 0.25) is 0 Å². The molecule has 42 heavy (non-hydrogen) atoms. The van der Waals surface area contributed by atoms with Crippen LogP contribution < -0.4 is 16.1 Å². The molecule has 3 heterocycles. The summed E-state index contributed by atoms with van der Waals surface area (Å²) >= 11 is 0. The van der Waals surface area contributed by atoms with Crippen LogP contribution in [0.4, 0.5) is 10.7 Å². The fourth-order valence-corrected chi connectivity index (χ4v) is 4.95. The first kappa shape index (κ1) is 30.4. The van der Waals surface area contributed by atoms with Crippen molar-refractivity contribution in [3.8, 4) is 11.8 Å². The number of carbonyl (C=O) groups excluding carboxylic acids is 2. The summed E-state index contributed by atoms with van der Waals surface area (Å²) < 4.78 is 13.8. The Bertz CT molecular complexity index is 1600. The number of benzene rings is 1. The number of nitrogens with zero attached hydrogens (tertiary/aromatic N) is 5. The third-order valence-corrected chi connectivity index (χ3v) is 6.89. The first-order valence-corrected chi connectivity index (χ1v) is 14.1. The smallest absolute Gasteiger partial charge is 0.410 e. The Hall–Kier alpha value is -4.53. The van der Waals surface area contributed by atoms with Gasteiger partial charge in [0.25, 0.3) is 5.56 Å². The van der Waals surface area contributed by atoms with Gasteiger partial charge < -0.3 is 19.3 Å². The molecule has 1 amide bonds. The molecule has 0 bridgehead atoms. The van der Waals surface area contributed by atoms with Gasteiger partial charge >= 0.3 is 17.8 Å². The highest BCUT2D eigenvalue weighted by Gasteiger charge is 2.30. The maximum absolute atomic E-state index is 13.2. The number of hydrogen-bond acceptors (Lipinski definition) is 8. The number of piperazine rings is 1. The van der Waals surface area contributed by atoms with Gasteiger partial charge in [-0.15, -0.1) is 5.92 Å².